The van der Waals surface area contributed by atoms with Gasteiger partial charge in [-0.1, -0.05) is 0 Å². The van der Waals surface area contributed by atoms with Gasteiger partial charge in [0.05, 0.1) is 5.69 Å². The fourth-order valence-corrected chi connectivity index (χ4v) is 1.17. The number of hydrogen-bond acceptors (Lipinski definition) is 3. The molecular formula is C7H5BrN2O. The maximum Gasteiger partial charge on any atom is 0.246 e. The normalized spacial score (nSPS) is 10.7. The lowest BCUT2D eigenvalue weighted by Gasteiger charge is -1.93. The van der Waals surface area contributed by atoms with Crippen LogP contribution in [0.2, 0.25) is 0 Å². The van der Waals surface area contributed by atoms with Gasteiger partial charge in [0.25, 0.3) is 0 Å². The van der Waals surface area contributed by atoms with Crippen molar-refractivity contribution in [2.24, 2.45) is 0 Å². The zero-order valence-electron chi connectivity index (χ0n) is 5.84. The maximum atomic E-state index is 5.01. The number of rotatable bonds is 0. The Morgan fingerprint density at radius 3 is 3.18 bits per heavy atom. The van der Waals surface area contributed by atoms with E-state index in [2.05, 4.69) is 25.9 Å². The molecule has 0 aromatic carbocycles. The van der Waals surface area contributed by atoms with Gasteiger partial charge in [-0.2, -0.15) is 0 Å². The molecule has 2 aromatic rings. The monoisotopic (exact) mass is 212 g/mol. The molecule has 2 heterocycles. The Morgan fingerprint density at radius 1 is 1.55 bits per heavy atom. The highest BCUT2D eigenvalue weighted by Crippen LogP contribution is 2.19. The molecule has 0 aliphatic heterocycles. The van der Waals surface area contributed by atoms with E-state index in [1.165, 1.54) is 6.39 Å². The zero-order chi connectivity index (χ0) is 7.84. The first-order chi connectivity index (χ1) is 5.27. The molecule has 0 aliphatic carbocycles. The van der Waals surface area contributed by atoms with E-state index >= 15 is 0 Å². The molecule has 0 radical (unpaired) electrons. The summed E-state index contributed by atoms with van der Waals surface area (Å²) in [7, 11) is 0. The summed E-state index contributed by atoms with van der Waals surface area (Å²) < 4.78 is 5.97. The summed E-state index contributed by atoms with van der Waals surface area (Å²) >= 11 is 3.36. The molecule has 0 amide bonds. The fraction of sp³-hybridized carbons (Fsp3) is 0.143. The number of fused-ring (bicyclic) bond motifs is 1. The summed E-state index contributed by atoms with van der Waals surface area (Å²) in [5.41, 5.74) is 2.28. The lowest BCUT2D eigenvalue weighted by Crippen LogP contribution is -1.82. The lowest BCUT2D eigenvalue weighted by molar-refractivity contribution is 0.589. The van der Waals surface area contributed by atoms with E-state index in [-0.39, 0.29) is 0 Å². The van der Waals surface area contributed by atoms with Gasteiger partial charge in [-0.3, -0.25) is 0 Å². The third-order valence-electron chi connectivity index (χ3n) is 1.45. The Kier molecular flexibility index (Phi) is 1.42. The second-order valence-corrected chi connectivity index (χ2v) is 3.09. The van der Waals surface area contributed by atoms with Gasteiger partial charge in [-0.25, -0.2) is 9.97 Å². The Morgan fingerprint density at radius 2 is 2.36 bits per heavy atom. The third-order valence-corrected chi connectivity index (χ3v) is 2.26. The standard InChI is InChI=1S/C7H5BrN2O/c1-4-5(8)2-6-7(10-4)11-3-9-6/h2-3H,1H3. The second kappa shape index (κ2) is 2.30. The van der Waals surface area contributed by atoms with Crippen molar-refractivity contribution in [3.05, 3.63) is 22.6 Å². The van der Waals surface area contributed by atoms with Crippen LogP contribution in [0.4, 0.5) is 0 Å². The Hall–Kier alpha value is -0.900. The highest BCUT2D eigenvalue weighted by Gasteiger charge is 2.02. The van der Waals surface area contributed by atoms with E-state index in [1.54, 1.807) is 0 Å². The van der Waals surface area contributed by atoms with Crippen molar-refractivity contribution in [3.63, 3.8) is 0 Å². The molecule has 0 saturated heterocycles. The molecule has 2 rings (SSSR count). The van der Waals surface area contributed by atoms with Crippen molar-refractivity contribution in [1.82, 2.24) is 9.97 Å². The largest absolute Gasteiger partial charge is 0.425 e. The fourth-order valence-electron chi connectivity index (χ4n) is 0.861. The summed E-state index contributed by atoms with van der Waals surface area (Å²) in [5, 5.41) is 0. The first-order valence-corrected chi connectivity index (χ1v) is 3.93. The van der Waals surface area contributed by atoms with Gasteiger partial charge in [-0.05, 0) is 28.9 Å². The molecular weight excluding hydrogens is 208 g/mol. The van der Waals surface area contributed by atoms with Crippen molar-refractivity contribution < 1.29 is 4.42 Å². The van der Waals surface area contributed by atoms with Gasteiger partial charge in [0, 0.05) is 4.47 Å². The van der Waals surface area contributed by atoms with E-state index < -0.39 is 0 Å². The first-order valence-electron chi connectivity index (χ1n) is 3.14. The summed E-state index contributed by atoms with van der Waals surface area (Å²) in [5.74, 6) is 0. The average molecular weight is 213 g/mol. The number of halogens is 1. The topological polar surface area (TPSA) is 38.9 Å². The number of pyridine rings is 1. The summed E-state index contributed by atoms with van der Waals surface area (Å²) in [6.45, 7) is 1.91. The lowest BCUT2D eigenvalue weighted by atomic mass is 10.4. The van der Waals surface area contributed by atoms with Crippen molar-refractivity contribution in [3.8, 4) is 0 Å². The predicted molar refractivity (Wildman–Crippen MR) is 44.2 cm³/mol. The van der Waals surface area contributed by atoms with Crippen LogP contribution in [0.1, 0.15) is 5.69 Å². The van der Waals surface area contributed by atoms with Crippen LogP contribution in [0.15, 0.2) is 21.3 Å². The van der Waals surface area contributed by atoms with Gasteiger partial charge in [0.1, 0.15) is 5.52 Å². The minimum absolute atomic E-state index is 0.589. The second-order valence-electron chi connectivity index (χ2n) is 2.23. The molecule has 2 aromatic heterocycles. The van der Waals surface area contributed by atoms with Crippen molar-refractivity contribution in [2.45, 2.75) is 6.92 Å². The van der Waals surface area contributed by atoms with Crippen LogP contribution in [0.25, 0.3) is 11.2 Å². The van der Waals surface area contributed by atoms with Gasteiger partial charge >= 0.3 is 0 Å². The first kappa shape index (κ1) is 6.79. The van der Waals surface area contributed by atoms with Crippen LogP contribution >= 0.6 is 15.9 Å². The minimum atomic E-state index is 0.589. The maximum absolute atomic E-state index is 5.01. The van der Waals surface area contributed by atoms with Crippen LogP contribution in [0.5, 0.6) is 0 Å². The number of nitrogens with zero attached hydrogens (tertiary/aromatic N) is 2. The summed E-state index contributed by atoms with van der Waals surface area (Å²) in [4.78, 5) is 8.12. The Bertz CT molecular complexity index is 360. The molecule has 0 unspecified atom stereocenters. The smallest absolute Gasteiger partial charge is 0.246 e. The van der Waals surface area contributed by atoms with Crippen molar-refractivity contribution >= 4 is 27.2 Å². The number of oxazole rings is 1. The summed E-state index contributed by atoms with van der Waals surface area (Å²) in [6, 6.07) is 1.89. The minimum Gasteiger partial charge on any atom is -0.425 e. The molecule has 0 fully saturated rings. The highest BCUT2D eigenvalue weighted by molar-refractivity contribution is 9.10. The summed E-state index contributed by atoms with van der Waals surface area (Å²) in [6.07, 6.45) is 1.39. The SMILES string of the molecule is Cc1nc2ocnc2cc1Br. The Balaban J connectivity index is 2.86. The number of aryl methyl sites for hydroxylation is 1. The molecule has 11 heavy (non-hydrogen) atoms. The highest BCUT2D eigenvalue weighted by atomic mass is 79.9. The number of hydrogen-bond donors (Lipinski definition) is 0. The zero-order valence-corrected chi connectivity index (χ0v) is 7.42. The molecule has 3 nitrogen and oxygen atoms in total. The third kappa shape index (κ3) is 1.03. The molecule has 0 spiro atoms. The van der Waals surface area contributed by atoms with Gasteiger partial charge in [-0.15, -0.1) is 0 Å². The molecule has 0 saturated carbocycles. The number of aromatic nitrogens is 2. The van der Waals surface area contributed by atoms with E-state index in [1.807, 2.05) is 13.0 Å². The van der Waals surface area contributed by atoms with Crippen LogP contribution in [0, 0.1) is 6.92 Å². The van der Waals surface area contributed by atoms with E-state index in [4.69, 9.17) is 4.42 Å². The van der Waals surface area contributed by atoms with Crippen molar-refractivity contribution in [1.29, 1.82) is 0 Å². The molecule has 0 N–H and O–H groups in total. The molecule has 4 heteroatoms. The molecule has 56 valence electrons. The quantitative estimate of drug-likeness (QED) is 0.673. The van der Waals surface area contributed by atoms with Crippen LogP contribution in [-0.4, -0.2) is 9.97 Å². The van der Waals surface area contributed by atoms with E-state index in [9.17, 15) is 0 Å². The van der Waals surface area contributed by atoms with Gasteiger partial charge in [0.2, 0.25) is 5.71 Å². The van der Waals surface area contributed by atoms with Gasteiger partial charge < -0.3 is 4.42 Å². The molecule has 0 aliphatic rings. The predicted octanol–water partition coefficient (Wildman–Crippen LogP) is 2.29. The molecule has 0 bridgehead atoms. The Labute approximate surface area is 71.6 Å². The van der Waals surface area contributed by atoms with E-state index in [0.717, 1.165) is 15.7 Å². The molecule has 0 atom stereocenters. The average Bonchev–Trinajstić information content (AvgIpc) is 2.36. The van der Waals surface area contributed by atoms with Crippen LogP contribution in [-0.2, 0) is 0 Å². The van der Waals surface area contributed by atoms with Gasteiger partial charge in [0.15, 0.2) is 6.39 Å². The van der Waals surface area contributed by atoms with Crippen LogP contribution in [0.3, 0.4) is 0 Å². The van der Waals surface area contributed by atoms with E-state index in [0.29, 0.717) is 5.71 Å². The van der Waals surface area contributed by atoms with Crippen molar-refractivity contribution in [2.75, 3.05) is 0 Å². The van der Waals surface area contributed by atoms with Crippen LogP contribution < -0.4 is 0 Å².